The van der Waals surface area contributed by atoms with E-state index in [2.05, 4.69) is 37.5 Å². The molecule has 1 N–H and O–H groups in total. The van der Waals surface area contributed by atoms with E-state index in [0.29, 0.717) is 6.04 Å². The zero-order valence-corrected chi connectivity index (χ0v) is 11.2. The van der Waals surface area contributed by atoms with Crippen LogP contribution in [0.3, 0.4) is 0 Å². The number of aliphatic carboxylic acids is 1. The second kappa shape index (κ2) is 5.89. The fourth-order valence-electron chi connectivity index (χ4n) is 2.35. The summed E-state index contributed by atoms with van der Waals surface area (Å²) < 4.78 is 2.32. The predicted molar refractivity (Wildman–Crippen MR) is 69.3 cm³/mol. The number of hydrogen-bond donors (Lipinski definition) is 1. The molecule has 0 radical (unpaired) electrons. The fourth-order valence-corrected chi connectivity index (χ4v) is 2.35. The van der Waals surface area contributed by atoms with E-state index < -0.39 is 5.97 Å². The van der Waals surface area contributed by atoms with Crippen LogP contribution in [0.4, 0.5) is 0 Å². The molecular formula is C14H23NO2. The Labute approximate surface area is 103 Å². The quantitative estimate of drug-likeness (QED) is 0.822. The zero-order chi connectivity index (χ0) is 13.0. The summed E-state index contributed by atoms with van der Waals surface area (Å²) in [4.78, 5) is 10.7. The minimum Gasteiger partial charge on any atom is -0.481 e. The summed E-state index contributed by atoms with van der Waals surface area (Å²) in [5.74, 6) is -0.917. The van der Waals surface area contributed by atoms with Crippen molar-refractivity contribution >= 4 is 5.97 Å². The number of rotatable bonds is 6. The summed E-state index contributed by atoms with van der Waals surface area (Å²) in [6.45, 7) is 8.21. The van der Waals surface area contributed by atoms with Crippen LogP contribution >= 0.6 is 0 Å². The third-order valence-corrected chi connectivity index (χ3v) is 3.45. The van der Waals surface area contributed by atoms with Crippen molar-refractivity contribution in [2.45, 2.75) is 53.0 Å². The van der Waals surface area contributed by atoms with Crippen LogP contribution in [0.25, 0.3) is 0 Å². The number of aryl methyl sites for hydroxylation is 2. The number of carboxylic acid groups (broad SMARTS) is 1. The van der Waals surface area contributed by atoms with Crippen molar-refractivity contribution in [3.63, 3.8) is 0 Å². The molecule has 0 bridgehead atoms. The van der Waals surface area contributed by atoms with E-state index in [1.54, 1.807) is 6.92 Å². The van der Waals surface area contributed by atoms with Gasteiger partial charge in [-0.25, -0.2) is 0 Å². The van der Waals surface area contributed by atoms with Crippen LogP contribution in [0.15, 0.2) is 12.1 Å². The van der Waals surface area contributed by atoms with Crippen LogP contribution in [0.2, 0.25) is 0 Å². The molecular weight excluding hydrogens is 214 g/mol. The summed E-state index contributed by atoms with van der Waals surface area (Å²) in [6, 6.07) is 4.71. The van der Waals surface area contributed by atoms with Crippen LogP contribution in [0.5, 0.6) is 0 Å². The van der Waals surface area contributed by atoms with Crippen LogP contribution in [-0.2, 0) is 4.79 Å². The van der Waals surface area contributed by atoms with E-state index in [9.17, 15) is 4.79 Å². The van der Waals surface area contributed by atoms with Gasteiger partial charge >= 0.3 is 5.97 Å². The molecule has 0 fully saturated rings. The molecule has 0 aliphatic heterocycles. The molecule has 3 heteroatoms. The van der Waals surface area contributed by atoms with Crippen LogP contribution < -0.4 is 0 Å². The minimum absolute atomic E-state index is 0.228. The number of aromatic nitrogens is 1. The highest BCUT2D eigenvalue weighted by molar-refractivity contribution is 5.69. The lowest BCUT2D eigenvalue weighted by atomic mass is 10.0. The van der Waals surface area contributed by atoms with Gasteiger partial charge in [0.2, 0.25) is 0 Å². The highest BCUT2D eigenvalue weighted by Crippen LogP contribution is 2.21. The molecule has 0 aromatic carbocycles. The zero-order valence-electron chi connectivity index (χ0n) is 11.2. The Morgan fingerprint density at radius 1 is 1.24 bits per heavy atom. The molecule has 1 aromatic heterocycles. The van der Waals surface area contributed by atoms with Gasteiger partial charge < -0.3 is 9.67 Å². The Hall–Kier alpha value is -1.25. The normalized spacial score (nSPS) is 14.6. The van der Waals surface area contributed by atoms with Crippen molar-refractivity contribution in [3.8, 4) is 0 Å². The molecule has 96 valence electrons. The first-order valence-electron chi connectivity index (χ1n) is 6.30. The second-order valence-electron chi connectivity index (χ2n) is 5.01. The smallest absolute Gasteiger partial charge is 0.306 e. The molecule has 0 saturated heterocycles. The van der Waals surface area contributed by atoms with Crippen LogP contribution in [-0.4, -0.2) is 15.6 Å². The molecule has 3 nitrogen and oxygen atoms in total. The lowest BCUT2D eigenvalue weighted by molar-refractivity contribution is -0.141. The number of carboxylic acids is 1. The van der Waals surface area contributed by atoms with Gasteiger partial charge in [-0.1, -0.05) is 13.3 Å². The van der Waals surface area contributed by atoms with Crippen LogP contribution in [0.1, 0.15) is 50.5 Å². The van der Waals surface area contributed by atoms with Crippen molar-refractivity contribution < 1.29 is 9.90 Å². The molecule has 0 saturated carbocycles. The Morgan fingerprint density at radius 3 is 2.24 bits per heavy atom. The van der Waals surface area contributed by atoms with Crippen LogP contribution in [0, 0.1) is 19.8 Å². The second-order valence-corrected chi connectivity index (χ2v) is 5.01. The first-order chi connectivity index (χ1) is 7.93. The van der Waals surface area contributed by atoms with Crippen molar-refractivity contribution in [1.29, 1.82) is 0 Å². The maximum absolute atomic E-state index is 10.7. The number of nitrogens with zero attached hydrogens (tertiary/aromatic N) is 1. The summed E-state index contributed by atoms with van der Waals surface area (Å²) in [5, 5.41) is 8.81. The standard InChI is InChI=1S/C14H23NO2/c1-10(14(16)17)6-5-7-11(2)15-12(3)8-9-13(15)4/h8-11H,5-7H2,1-4H3,(H,16,17). The third-order valence-electron chi connectivity index (χ3n) is 3.45. The van der Waals surface area contributed by atoms with Crippen molar-refractivity contribution in [1.82, 2.24) is 4.57 Å². The average molecular weight is 237 g/mol. The molecule has 2 atom stereocenters. The van der Waals surface area contributed by atoms with E-state index in [0.717, 1.165) is 19.3 Å². The SMILES string of the molecule is Cc1ccc(C)n1C(C)CCCC(C)C(=O)O. The average Bonchev–Trinajstić information content (AvgIpc) is 2.58. The lowest BCUT2D eigenvalue weighted by Crippen LogP contribution is -2.12. The topological polar surface area (TPSA) is 42.2 Å². The molecule has 1 aromatic rings. The fraction of sp³-hybridized carbons (Fsp3) is 0.643. The van der Waals surface area contributed by atoms with Gasteiger partial charge in [-0.3, -0.25) is 4.79 Å². The molecule has 17 heavy (non-hydrogen) atoms. The van der Waals surface area contributed by atoms with Gasteiger partial charge in [0.25, 0.3) is 0 Å². The molecule has 1 rings (SSSR count). The summed E-state index contributed by atoms with van der Waals surface area (Å²) >= 11 is 0. The van der Waals surface area contributed by atoms with Crippen molar-refractivity contribution in [3.05, 3.63) is 23.5 Å². The summed E-state index contributed by atoms with van der Waals surface area (Å²) in [5.41, 5.74) is 2.56. The van der Waals surface area contributed by atoms with E-state index in [-0.39, 0.29) is 5.92 Å². The highest BCUT2D eigenvalue weighted by atomic mass is 16.4. The van der Waals surface area contributed by atoms with Gasteiger partial charge in [0.05, 0.1) is 5.92 Å². The Morgan fingerprint density at radius 2 is 1.76 bits per heavy atom. The first kappa shape index (κ1) is 13.8. The first-order valence-corrected chi connectivity index (χ1v) is 6.30. The van der Waals surface area contributed by atoms with Gasteiger partial charge in [-0.05, 0) is 45.7 Å². The molecule has 0 spiro atoms. The maximum atomic E-state index is 10.7. The monoisotopic (exact) mass is 237 g/mol. The van der Waals surface area contributed by atoms with Gasteiger partial charge in [0.1, 0.15) is 0 Å². The largest absolute Gasteiger partial charge is 0.481 e. The van der Waals surface area contributed by atoms with Gasteiger partial charge in [0.15, 0.2) is 0 Å². The number of hydrogen-bond acceptors (Lipinski definition) is 1. The molecule has 0 aliphatic carbocycles. The van der Waals surface area contributed by atoms with E-state index in [4.69, 9.17) is 5.11 Å². The maximum Gasteiger partial charge on any atom is 0.306 e. The summed E-state index contributed by atoms with van der Waals surface area (Å²) in [6.07, 6.45) is 2.76. The third kappa shape index (κ3) is 3.62. The van der Waals surface area contributed by atoms with Gasteiger partial charge in [0, 0.05) is 17.4 Å². The lowest BCUT2D eigenvalue weighted by Gasteiger charge is -2.18. The molecule has 1 heterocycles. The van der Waals surface area contributed by atoms with Crippen molar-refractivity contribution in [2.24, 2.45) is 5.92 Å². The predicted octanol–water partition coefficient (Wildman–Crippen LogP) is 3.56. The van der Waals surface area contributed by atoms with Crippen molar-refractivity contribution in [2.75, 3.05) is 0 Å². The molecule has 0 amide bonds. The van der Waals surface area contributed by atoms with Gasteiger partial charge in [-0.15, -0.1) is 0 Å². The van der Waals surface area contributed by atoms with Gasteiger partial charge in [-0.2, -0.15) is 0 Å². The van der Waals surface area contributed by atoms with E-state index >= 15 is 0 Å². The Kier molecular flexibility index (Phi) is 4.79. The Bertz CT molecular complexity index is 362. The van der Waals surface area contributed by atoms with E-state index in [1.165, 1.54) is 11.4 Å². The number of carbonyl (C=O) groups is 1. The minimum atomic E-state index is -0.689. The molecule has 2 unspecified atom stereocenters. The van der Waals surface area contributed by atoms with E-state index in [1.807, 2.05) is 0 Å². The highest BCUT2D eigenvalue weighted by Gasteiger charge is 2.13. The Balaban J connectivity index is 2.45. The molecule has 0 aliphatic rings. The summed E-state index contributed by atoms with van der Waals surface area (Å²) in [7, 11) is 0.